The molecule has 0 aliphatic rings. The summed E-state index contributed by atoms with van der Waals surface area (Å²) in [5, 5.41) is 0.311. The first-order valence-corrected chi connectivity index (χ1v) is 5.41. The molecule has 0 saturated heterocycles. The number of halogens is 3. The topological polar surface area (TPSA) is 43.1 Å². The Kier molecular flexibility index (Phi) is 3.30. The molecule has 2 rings (SSSR count). The largest absolute Gasteiger partial charge is 0.398 e. The summed E-state index contributed by atoms with van der Waals surface area (Å²) < 4.78 is 26.2. The monoisotopic (exact) mass is 267 g/mol. The van der Waals surface area contributed by atoms with Gasteiger partial charge in [-0.05, 0) is 30.3 Å². The molecule has 0 bridgehead atoms. The predicted octanol–water partition coefficient (Wildman–Crippen LogP) is 3.43. The van der Waals surface area contributed by atoms with Crippen LogP contribution in [0.4, 0.5) is 14.5 Å². The first-order valence-electron chi connectivity index (χ1n) is 5.04. The van der Waals surface area contributed by atoms with Crippen LogP contribution < -0.4 is 5.73 Å². The third-order valence-electron chi connectivity index (χ3n) is 2.43. The normalized spacial score (nSPS) is 10.4. The number of rotatable bonds is 2. The second-order valence-electron chi connectivity index (χ2n) is 3.69. The number of nitrogens with two attached hydrogens (primary N) is 1. The number of carbonyl (C=O) groups excluding carboxylic acids is 1. The van der Waals surface area contributed by atoms with E-state index in [0.29, 0.717) is 11.1 Å². The fourth-order valence-electron chi connectivity index (χ4n) is 1.51. The van der Waals surface area contributed by atoms with Crippen molar-refractivity contribution in [3.63, 3.8) is 0 Å². The molecular formula is C13H8ClF2NO. The summed E-state index contributed by atoms with van der Waals surface area (Å²) in [4.78, 5) is 12.0. The summed E-state index contributed by atoms with van der Waals surface area (Å²) in [5.41, 5.74) is 5.77. The summed E-state index contributed by atoms with van der Waals surface area (Å²) in [7, 11) is 0. The summed E-state index contributed by atoms with van der Waals surface area (Å²) in [5.74, 6) is -2.22. The van der Waals surface area contributed by atoms with Crippen molar-refractivity contribution in [2.75, 3.05) is 5.73 Å². The van der Waals surface area contributed by atoms with Crippen molar-refractivity contribution in [2.24, 2.45) is 0 Å². The Bertz CT molecular complexity index is 628. The molecule has 5 heteroatoms. The van der Waals surface area contributed by atoms with Crippen molar-refractivity contribution in [1.29, 1.82) is 0 Å². The summed E-state index contributed by atoms with van der Waals surface area (Å²) in [6.45, 7) is 0. The highest BCUT2D eigenvalue weighted by Gasteiger charge is 2.15. The lowest BCUT2D eigenvalue weighted by Gasteiger charge is -2.05. The molecule has 2 N–H and O–H groups in total. The fraction of sp³-hybridized carbons (Fsp3) is 0. The quantitative estimate of drug-likeness (QED) is 0.669. The van der Waals surface area contributed by atoms with Gasteiger partial charge < -0.3 is 5.73 Å². The van der Waals surface area contributed by atoms with Gasteiger partial charge in [-0.2, -0.15) is 0 Å². The highest BCUT2D eigenvalue weighted by Crippen LogP contribution is 2.22. The second kappa shape index (κ2) is 4.74. The van der Waals surface area contributed by atoms with Gasteiger partial charge >= 0.3 is 0 Å². The lowest BCUT2D eigenvalue weighted by molar-refractivity contribution is 0.103. The van der Waals surface area contributed by atoms with Gasteiger partial charge in [0, 0.05) is 11.6 Å². The first kappa shape index (κ1) is 12.5. The van der Waals surface area contributed by atoms with Crippen LogP contribution >= 0.6 is 11.6 Å². The zero-order valence-corrected chi connectivity index (χ0v) is 9.84. The number of anilines is 1. The van der Waals surface area contributed by atoms with Crippen LogP contribution in [0, 0.1) is 11.6 Å². The number of hydrogen-bond donors (Lipinski definition) is 1. The van der Waals surface area contributed by atoms with Crippen LogP contribution in [0.2, 0.25) is 5.02 Å². The predicted molar refractivity (Wildman–Crippen MR) is 65.7 cm³/mol. The molecule has 0 radical (unpaired) electrons. The van der Waals surface area contributed by atoms with Gasteiger partial charge in [-0.3, -0.25) is 4.79 Å². The molecule has 0 saturated carbocycles. The van der Waals surface area contributed by atoms with Crippen molar-refractivity contribution in [2.45, 2.75) is 0 Å². The molecule has 18 heavy (non-hydrogen) atoms. The van der Waals surface area contributed by atoms with Crippen LogP contribution in [-0.2, 0) is 0 Å². The minimum atomic E-state index is -0.909. The number of hydrogen-bond acceptors (Lipinski definition) is 2. The van der Waals surface area contributed by atoms with Gasteiger partial charge in [-0.1, -0.05) is 11.6 Å². The van der Waals surface area contributed by atoms with Crippen molar-refractivity contribution in [3.05, 3.63) is 64.2 Å². The third-order valence-corrected chi connectivity index (χ3v) is 2.78. The molecule has 0 atom stereocenters. The standard InChI is InChI=1S/C13H8ClF2NO/c14-10-4-1-7(5-12(10)17)13(18)9-3-2-8(15)6-11(9)16/h1-6H,17H2. The number of carbonyl (C=O) groups is 1. The van der Waals surface area contributed by atoms with E-state index in [2.05, 4.69) is 0 Å². The maximum Gasteiger partial charge on any atom is 0.196 e. The molecule has 0 unspecified atom stereocenters. The highest BCUT2D eigenvalue weighted by atomic mass is 35.5. The second-order valence-corrected chi connectivity index (χ2v) is 4.10. The smallest absolute Gasteiger partial charge is 0.196 e. The van der Waals surface area contributed by atoms with E-state index < -0.39 is 17.4 Å². The zero-order chi connectivity index (χ0) is 13.3. The lowest BCUT2D eigenvalue weighted by atomic mass is 10.0. The van der Waals surface area contributed by atoms with Crippen molar-refractivity contribution < 1.29 is 13.6 Å². The van der Waals surface area contributed by atoms with Crippen molar-refractivity contribution in [1.82, 2.24) is 0 Å². The van der Waals surface area contributed by atoms with E-state index in [9.17, 15) is 13.6 Å². The number of benzene rings is 2. The molecule has 0 amide bonds. The van der Waals surface area contributed by atoms with Gasteiger partial charge in [-0.15, -0.1) is 0 Å². The Hall–Kier alpha value is -1.94. The summed E-state index contributed by atoms with van der Waals surface area (Å²) in [6, 6.07) is 7.02. The van der Waals surface area contributed by atoms with E-state index in [0.717, 1.165) is 12.1 Å². The number of nitrogen functional groups attached to an aromatic ring is 1. The molecule has 2 nitrogen and oxygen atoms in total. The van der Waals surface area contributed by atoms with Crippen LogP contribution in [0.5, 0.6) is 0 Å². The van der Waals surface area contributed by atoms with Crippen LogP contribution in [0.25, 0.3) is 0 Å². The maximum absolute atomic E-state index is 13.4. The summed E-state index contributed by atoms with van der Waals surface area (Å²) >= 11 is 5.72. The van der Waals surface area contributed by atoms with E-state index >= 15 is 0 Å². The first-order chi connectivity index (χ1) is 8.49. The molecule has 2 aromatic carbocycles. The van der Waals surface area contributed by atoms with Crippen molar-refractivity contribution >= 4 is 23.1 Å². The Morgan fingerprint density at radius 3 is 2.44 bits per heavy atom. The molecule has 0 spiro atoms. The lowest BCUT2D eigenvalue weighted by Crippen LogP contribution is -2.05. The maximum atomic E-state index is 13.4. The molecule has 92 valence electrons. The van der Waals surface area contributed by atoms with Crippen LogP contribution in [0.15, 0.2) is 36.4 Å². The molecule has 2 aromatic rings. The van der Waals surface area contributed by atoms with Gasteiger partial charge in [0.05, 0.1) is 16.3 Å². The van der Waals surface area contributed by atoms with Gasteiger partial charge in [0.15, 0.2) is 5.78 Å². The van der Waals surface area contributed by atoms with Gasteiger partial charge in [0.2, 0.25) is 0 Å². The van der Waals surface area contributed by atoms with E-state index in [1.165, 1.54) is 18.2 Å². The van der Waals surface area contributed by atoms with Gasteiger partial charge in [-0.25, -0.2) is 8.78 Å². The zero-order valence-electron chi connectivity index (χ0n) is 9.08. The molecular weight excluding hydrogens is 260 g/mol. The van der Waals surface area contributed by atoms with Crippen LogP contribution in [-0.4, -0.2) is 5.78 Å². The Balaban J connectivity index is 2.44. The summed E-state index contributed by atoms with van der Waals surface area (Å²) in [6.07, 6.45) is 0. The average Bonchev–Trinajstić information content (AvgIpc) is 2.32. The van der Waals surface area contributed by atoms with Gasteiger partial charge in [0.25, 0.3) is 0 Å². The van der Waals surface area contributed by atoms with E-state index in [1.807, 2.05) is 0 Å². The molecule has 0 aliphatic heterocycles. The van der Waals surface area contributed by atoms with Crippen molar-refractivity contribution in [3.8, 4) is 0 Å². The Morgan fingerprint density at radius 1 is 1.11 bits per heavy atom. The fourth-order valence-corrected chi connectivity index (χ4v) is 1.63. The molecule has 0 heterocycles. The van der Waals surface area contributed by atoms with Gasteiger partial charge in [0.1, 0.15) is 11.6 Å². The number of ketones is 1. The highest BCUT2D eigenvalue weighted by molar-refractivity contribution is 6.33. The Morgan fingerprint density at radius 2 is 1.83 bits per heavy atom. The van der Waals surface area contributed by atoms with E-state index in [1.54, 1.807) is 0 Å². The molecule has 0 aliphatic carbocycles. The molecule has 0 aromatic heterocycles. The molecule has 0 fully saturated rings. The Labute approximate surface area is 107 Å². The van der Waals surface area contributed by atoms with E-state index in [-0.39, 0.29) is 16.8 Å². The van der Waals surface area contributed by atoms with Crippen LogP contribution in [0.3, 0.4) is 0 Å². The van der Waals surface area contributed by atoms with Crippen LogP contribution in [0.1, 0.15) is 15.9 Å². The minimum Gasteiger partial charge on any atom is -0.398 e. The average molecular weight is 268 g/mol. The minimum absolute atomic E-state index is 0.197. The SMILES string of the molecule is Nc1cc(C(=O)c2ccc(F)cc2F)ccc1Cl. The third kappa shape index (κ3) is 2.33. The van der Waals surface area contributed by atoms with E-state index in [4.69, 9.17) is 17.3 Å².